The Morgan fingerprint density at radius 3 is 2.64 bits per heavy atom. The van der Waals surface area contributed by atoms with E-state index in [1.165, 1.54) is 47.7 Å². The van der Waals surface area contributed by atoms with E-state index < -0.39 is 27.7 Å². The van der Waals surface area contributed by atoms with Crippen molar-refractivity contribution in [1.29, 1.82) is 0 Å². The predicted molar refractivity (Wildman–Crippen MR) is 123 cm³/mol. The van der Waals surface area contributed by atoms with Crippen LogP contribution in [0.4, 0.5) is 10.1 Å². The smallest absolute Gasteiger partial charge is 0.340 e. The maximum absolute atomic E-state index is 13.4. The Bertz CT molecular complexity index is 1410. The molecule has 0 saturated heterocycles. The molecule has 0 radical (unpaired) electrons. The molecule has 33 heavy (non-hydrogen) atoms. The van der Waals surface area contributed by atoms with Gasteiger partial charge in [-0.15, -0.1) is 11.3 Å². The number of benzene rings is 2. The van der Waals surface area contributed by atoms with Crippen molar-refractivity contribution in [2.45, 2.75) is 13.0 Å². The number of nitrogens with one attached hydrogen (secondary N) is 1. The van der Waals surface area contributed by atoms with Crippen LogP contribution >= 0.6 is 11.3 Å². The molecule has 1 atom stereocenters. The third-order valence-electron chi connectivity index (χ3n) is 4.74. The van der Waals surface area contributed by atoms with Crippen molar-refractivity contribution in [2.24, 2.45) is 0 Å². The molecule has 2 aromatic heterocycles. The summed E-state index contributed by atoms with van der Waals surface area (Å²) in [4.78, 5) is 16.3. The van der Waals surface area contributed by atoms with Crippen LogP contribution in [0.2, 0.25) is 0 Å². The molecule has 2 heterocycles. The van der Waals surface area contributed by atoms with E-state index in [2.05, 4.69) is 10.3 Å². The maximum Gasteiger partial charge on any atom is 0.340 e. The fourth-order valence-corrected chi connectivity index (χ4v) is 4.30. The molecule has 0 aliphatic rings. The molecule has 0 amide bonds. The van der Waals surface area contributed by atoms with Gasteiger partial charge in [-0.25, -0.2) is 22.6 Å². The van der Waals surface area contributed by atoms with Crippen LogP contribution in [0.5, 0.6) is 5.75 Å². The molecule has 8 nitrogen and oxygen atoms in total. The van der Waals surface area contributed by atoms with Crippen LogP contribution < -0.4 is 10.1 Å². The highest BCUT2D eigenvalue weighted by Gasteiger charge is 2.25. The van der Waals surface area contributed by atoms with Gasteiger partial charge < -0.3 is 19.6 Å². The van der Waals surface area contributed by atoms with Gasteiger partial charge in [0.25, 0.3) is 0 Å². The molecule has 11 heteroatoms. The lowest BCUT2D eigenvalue weighted by molar-refractivity contribution is 0.0699. The zero-order chi connectivity index (χ0) is 23.8. The average molecular weight is 491 g/mol. The third kappa shape index (κ3) is 4.99. The van der Waals surface area contributed by atoms with E-state index in [0.717, 1.165) is 6.26 Å². The molecule has 0 spiro atoms. The summed E-state index contributed by atoms with van der Waals surface area (Å²) in [7, 11) is -3.36. The number of aromatic nitrogens is 1. The second kappa shape index (κ2) is 8.83. The van der Waals surface area contributed by atoms with E-state index in [4.69, 9.17) is 9.15 Å². The first kappa shape index (κ1) is 22.7. The van der Waals surface area contributed by atoms with E-state index >= 15 is 0 Å². The number of furan rings is 1. The zero-order valence-electron chi connectivity index (χ0n) is 17.5. The number of sulfone groups is 1. The first-order valence-electron chi connectivity index (χ1n) is 9.70. The summed E-state index contributed by atoms with van der Waals surface area (Å²) in [5, 5.41) is 15.5. The maximum atomic E-state index is 13.4. The lowest BCUT2D eigenvalue weighted by Gasteiger charge is -2.17. The molecular weight excluding hydrogens is 471 g/mol. The van der Waals surface area contributed by atoms with E-state index in [0.29, 0.717) is 16.3 Å². The van der Waals surface area contributed by atoms with Crippen LogP contribution in [0.3, 0.4) is 0 Å². The highest BCUT2D eigenvalue weighted by atomic mass is 32.2. The fourth-order valence-electron chi connectivity index (χ4n) is 3.26. The summed E-state index contributed by atoms with van der Waals surface area (Å²) >= 11 is 1.39. The van der Waals surface area contributed by atoms with Gasteiger partial charge in [-0.05, 0) is 37.3 Å². The van der Waals surface area contributed by atoms with E-state index in [9.17, 15) is 22.7 Å². The number of ether oxygens (including phenoxy) is 1. The molecule has 0 saturated carbocycles. The van der Waals surface area contributed by atoms with Crippen molar-refractivity contribution in [2.75, 3.05) is 17.4 Å². The second-order valence-electron chi connectivity index (χ2n) is 7.34. The summed E-state index contributed by atoms with van der Waals surface area (Å²) in [6.45, 7) is 1.78. The van der Waals surface area contributed by atoms with Crippen molar-refractivity contribution >= 4 is 43.8 Å². The summed E-state index contributed by atoms with van der Waals surface area (Å²) in [5.41, 5.74) is 0.789. The summed E-state index contributed by atoms with van der Waals surface area (Å²) < 4.78 is 48.6. The number of halogens is 1. The number of fused-ring (bicyclic) bond motifs is 1. The summed E-state index contributed by atoms with van der Waals surface area (Å²) in [5.74, 6) is -1.77. The van der Waals surface area contributed by atoms with Crippen LogP contribution in [0.15, 0.2) is 52.4 Å². The second-order valence-corrected chi connectivity index (χ2v) is 10.4. The lowest BCUT2D eigenvalue weighted by atomic mass is 10.0. The largest absolute Gasteiger partial charge is 0.481 e. The van der Waals surface area contributed by atoms with Gasteiger partial charge >= 0.3 is 5.97 Å². The normalized spacial score (nSPS) is 12.6. The number of thiazole rings is 1. The molecular formula is C22H19FN2O6S2. The Morgan fingerprint density at radius 2 is 2.03 bits per heavy atom. The molecule has 2 N–H and O–H groups in total. The van der Waals surface area contributed by atoms with Gasteiger partial charge in [-0.1, -0.05) is 0 Å². The Hall–Kier alpha value is -3.44. The Balaban J connectivity index is 1.86. The van der Waals surface area contributed by atoms with Crippen LogP contribution in [-0.2, 0) is 9.84 Å². The van der Waals surface area contributed by atoms with Crippen LogP contribution in [0.25, 0.3) is 22.3 Å². The number of rotatable bonds is 8. The Kier molecular flexibility index (Phi) is 6.09. The third-order valence-corrected chi connectivity index (χ3v) is 6.34. The van der Waals surface area contributed by atoms with E-state index in [-0.39, 0.29) is 33.9 Å². The molecule has 0 aliphatic carbocycles. The summed E-state index contributed by atoms with van der Waals surface area (Å²) in [6.07, 6.45) is 2.25. The lowest BCUT2D eigenvalue weighted by Crippen LogP contribution is -2.14. The predicted octanol–water partition coefficient (Wildman–Crippen LogP) is 4.95. The minimum Gasteiger partial charge on any atom is -0.481 e. The van der Waals surface area contributed by atoms with Gasteiger partial charge in [0.15, 0.2) is 9.84 Å². The average Bonchev–Trinajstić information content (AvgIpc) is 3.40. The number of nitrogens with zero attached hydrogens (tertiary/aromatic N) is 1. The van der Waals surface area contributed by atoms with Crippen molar-refractivity contribution in [3.8, 4) is 17.1 Å². The number of carboxylic acid groups (broad SMARTS) is 1. The molecule has 0 fully saturated rings. The Morgan fingerprint density at radius 1 is 1.30 bits per heavy atom. The Labute approximate surface area is 192 Å². The van der Waals surface area contributed by atoms with Crippen LogP contribution in [0, 0.1) is 5.82 Å². The molecule has 2 aromatic carbocycles. The first-order chi connectivity index (χ1) is 15.6. The number of carbonyl (C=O) groups is 1. The molecule has 0 aliphatic heterocycles. The molecule has 1 unspecified atom stereocenters. The van der Waals surface area contributed by atoms with Gasteiger partial charge in [-0.2, -0.15) is 0 Å². The van der Waals surface area contributed by atoms with Crippen LogP contribution in [0.1, 0.15) is 28.4 Å². The van der Waals surface area contributed by atoms with Gasteiger partial charge in [0, 0.05) is 34.8 Å². The standard InChI is InChI=1S/C22H19FN2O6S2/c1-12(21-24-7-8-32-21)30-18-9-15-17(10-16(18)25-11-33(2,28)29)31-20(19(15)22(26)27)13-3-5-14(23)6-4-13/h3-10,12,25H,11H2,1-2H3,(H,26,27). The van der Waals surface area contributed by atoms with Crippen molar-refractivity contribution < 1.29 is 31.9 Å². The number of aromatic carboxylic acids is 1. The van der Waals surface area contributed by atoms with Gasteiger partial charge in [0.05, 0.1) is 5.69 Å². The zero-order valence-corrected chi connectivity index (χ0v) is 19.2. The SMILES string of the molecule is CC(Oc1cc2c(C(=O)O)c(-c3ccc(F)cc3)oc2cc1NCS(C)(=O)=O)c1nccs1. The minimum absolute atomic E-state index is 0.0525. The molecule has 4 rings (SSSR count). The number of carboxylic acids is 1. The summed E-state index contributed by atoms with van der Waals surface area (Å²) in [6, 6.07) is 8.23. The monoisotopic (exact) mass is 490 g/mol. The van der Waals surface area contributed by atoms with Crippen molar-refractivity contribution in [3.63, 3.8) is 0 Å². The minimum atomic E-state index is -3.36. The number of hydrogen-bond donors (Lipinski definition) is 2. The van der Waals surface area contributed by atoms with Crippen molar-refractivity contribution in [1.82, 2.24) is 4.98 Å². The molecule has 4 aromatic rings. The number of anilines is 1. The molecule has 0 bridgehead atoms. The van der Waals surface area contributed by atoms with Crippen LogP contribution in [-0.4, -0.2) is 36.6 Å². The van der Waals surface area contributed by atoms with Gasteiger partial charge in [-0.3, -0.25) is 0 Å². The van der Waals surface area contributed by atoms with E-state index in [1.54, 1.807) is 18.5 Å². The van der Waals surface area contributed by atoms with Gasteiger partial charge in [0.1, 0.15) is 45.5 Å². The topological polar surface area (TPSA) is 119 Å². The van der Waals surface area contributed by atoms with Crippen molar-refractivity contribution in [3.05, 3.63) is 64.4 Å². The highest BCUT2D eigenvalue weighted by molar-refractivity contribution is 7.90. The molecule has 172 valence electrons. The van der Waals surface area contributed by atoms with Gasteiger partial charge in [0.2, 0.25) is 0 Å². The fraction of sp³-hybridized carbons (Fsp3) is 0.182. The quantitative estimate of drug-likeness (QED) is 0.356. The highest BCUT2D eigenvalue weighted by Crippen LogP contribution is 2.40. The number of hydrogen-bond acceptors (Lipinski definition) is 8. The van der Waals surface area contributed by atoms with E-state index in [1.807, 2.05) is 0 Å². The first-order valence-corrected chi connectivity index (χ1v) is 12.6.